The Morgan fingerprint density at radius 1 is 0.793 bits per heavy atom. The lowest BCUT2D eigenvalue weighted by atomic mass is 9.88. The van der Waals surface area contributed by atoms with Gasteiger partial charge in [-0.25, -0.2) is 14.8 Å². The normalized spacial score (nSPS) is 14.1. The molecule has 19 nitrogen and oxygen atoms in total. The maximum Gasteiger partial charge on any atom is 0.312 e. The summed E-state index contributed by atoms with van der Waals surface area (Å²) >= 11 is 0. The highest BCUT2D eigenvalue weighted by molar-refractivity contribution is 6.08. The van der Waals surface area contributed by atoms with Crippen LogP contribution >= 0.6 is 0 Å². The molecule has 2 aliphatic rings. The first-order chi connectivity index (χ1) is 39.3. The van der Waals surface area contributed by atoms with Crippen LogP contribution in [0.5, 0.6) is 0 Å². The lowest BCUT2D eigenvalue weighted by Crippen LogP contribution is -2.46. The Balaban J connectivity index is 0.999. The molecule has 2 aliphatic heterocycles. The molecule has 5 rings (SSSR count). The van der Waals surface area contributed by atoms with Crippen LogP contribution in [0.1, 0.15) is 171 Å². The van der Waals surface area contributed by atoms with Crippen molar-refractivity contribution >= 4 is 76.3 Å². The minimum atomic E-state index is -0.838. The monoisotopic (exact) mass is 1130 g/mol. The molecule has 0 aliphatic carbocycles. The number of amidine groups is 1. The molecule has 0 radical (unpaired) electrons. The number of rotatable bonds is 34. The number of amides is 6. The van der Waals surface area contributed by atoms with Crippen LogP contribution in [-0.2, 0) is 46.5 Å². The molecule has 8 N–H and O–H groups in total. The number of aliphatic imine (C=N–C) groups is 1. The second-order valence-electron chi connectivity index (χ2n) is 22.6. The van der Waals surface area contributed by atoms with Crippen molar-refractivity contribution in [1.29, 1.82) is 0 Å². The molecule has 1 saturated heterocycles. The number of ketones is 2. The number of urea groups is 1. The van der Waals surface area contributed by atoms with E-state index in [4.69, 9.17) is 16.2 Å². The summed E-state index contributed by atoms with van der Waals surface area (Å²) in [5, 5.41) is 11.3. The number of pyridine rings is 1. The third-order valence-corrected chi connectivity index (χ3v) is 14.9. The van der Waals surface area contributed by atoms with Gasteiger partial charge in [0.1, 0.15) is 24.0 Å². The van der Waals surface area contributed by atoms with Crippen LogP contribution in [0.25, 0.3) is 6.08 Å². The fourth-order valence-corrected chi connectivity index (χ4v) is 10.2. The first-order valence-corrected chi connectivity index (χ1v) is 29.7. The summed E-state index contributed by atoms with van der Waals surface area (Å²) in [5.41, 5.74) is 15.6. The fourth-order valence-electron chi connectivity index (χ4n) is 10.2. The third-order valence-electron chi connectivity index (χ3n) is 14.9. The number of primary amides is 1. The number of aromatic nitrogens is 1. The van der Waals surface area contributed by atoms with Gasteiger partial charge in [0.05, 0.1) is 23.6 Å². The summed E-state index contributed by atoms with van der Waals surface area (Å²) in [5.74, 6) is -0.549. The zero-order valence-corrected chi connectivity index (χ0v) is 49.3. The second kappa shape index (κ2) is 34.1. The number of nitrogens with zero attached hydrogens (tertiary/aromatic N) is 4. The van der Waals surface area contributed by atoms with Crippen LogP contribution in [0.4, 0.5) is 22.0 Å². The molecule has 82 heavy (non-hydrogen) atoms. The largest absolute Gasteiger partial charge is 0.461 e. The zero-order chi connectivity index (χ0) is 59.6. The number of ether oxygens (including phenoxy) is 1. The van der Waals surface area contributed by atoms with Gasteiger partial charge in [0, 0.05) is 99.9 Å². The average Bonchev–Trinajstić information content (AvgIpc) is 3.70. The number of carbonyl (C=O) groups excluding carboxylic acids is 8. The molecule has 1 fully saturated rings. The van der Waals surface area contributed by atoms with Crippen molar-refractivity contribution in [2.75, 3.05) is 49.5 Å². The molecule has 0 spiro atoms. The second-order valence-corrected chi connectivity index (χ2v) is 22.6. The van der Waals surface area contributed by atoms with Crippen LogP contribution < -0.4 is 37.6 Å². The molecule has 1 aromatic heterocycles. The van der Waals surface area contributed by atoms with Gasteiger partial charge >= 0.3 is 12.0 Å². The van der Waals surface area contributed by atoms with Gasteiger partial charge in [-0.1, -0.05) is 97.6 Å². The SMILES string of the molecule is CCCN(CCC)C(=O)C1=Cc2ccc(C(=O)Nc3ccc(N4CCC(C(=O)NCCCC(=O)OCc5ccc(CC(=O)C(CCCNC(N)=O)NC(=O)C(CC(=O)CCCCCCC(C)C)C(C)C)cc5)CC4)nc3)cc2N=C(N)C1. The van der Waals surface area contributed by atoms with Gasteiger partial charge in [0.2, 0.25) is 17.7 Å². The number of hydrogen-bond donors (Lipinski definition) is 6. The van der Waals surface area contributed by atoms with Gasteiger partial charge in [-0.3, -0.25) is 33.6 Å². The van der Waals surface area contributed by atoms with Gasteiger partial charge in [0.15, 0.2) is 5.78 Å². The Labute approximate surface area is 485 Å². The molecule has 2 aromatic carbocycles. The van der Waals surface area contributed by atoms with Crippen molar-refractivity contribution in [1.82, 2.24) is 25.8 Å². The lowest BCUT2D eigenvalue weighted by Gasteiger charge is -2.32. The minimum Gasteiger partial charge on any atom is -0.461 e. The Hall–Kier alpha value is -7.44. The fraction of sp³-hybridized carbons (Fsp3) is 0.556. The standard InChI is InChI=1S/C63H90N10O9/c1-7-31-73(32-8-2)62(80)49-36-47-23-24-48(37-54(47)70-56(64)38-49)60(78)69-50-25-26-57(68-40-50)72-33-27-46(28-34-72)59(77)66-29-14-18-58(76)82-41-45-21-19-44(20-22-45)35-55(75)53(17-13-30-67-63(65)81)71-61(79)52(43(5)6)39-51(74)16-12-10-9-11-15-42(3)4/h19-26,36-37,40,42-43,46,52-53H,7-18,27-35,38-39,41H2,1-6H3,(H2,64,70)(H,66,77)(H,69,78)(H,71,79)(H3,65,67,81). The average molecular weight is 1130 g/mol. The maximum absolute atomic E-state index is 13.7. The molecule has 19 heteroatoms. The number of anilines is 2. The van der Waals surface area contributed by atoms with Crippen molar-refractivity contribution in [2.24, 2.45) is 40.1 Å². The smallest absolute Gasteiger partial charge is 0.312 e. The van der Waals surface area contributed by atoms with Crippen molar-refractivity contribution in [3.8, 4) is 0 Å². The van der Waals surface area contributed by atoms with Gasteiger partial charge in [-0.15, -0.1) is 0 Å². The van der Waals surface area contributed by atoms with E-state index >= 15 is 0 Å². The van der Waals surface area contributed by atoms with E-state index in [0.29, 0.717) is 110 Å². The number of esters is 1. The Bertz CT molecular complexity index is 2670. The first-order valence-electron chi connectivity index (χ1n) is 29.7. The molecule has 3 heterocycles. The topological polar surface area (TPSA) is 278 Å². The molecule has 6 amide bonds. The maximum atomic E-state index is 13.7. The quantitative estimate of drug-likeness (QED) is 0.0242. The molecule has 446 valence electrons. The summed E-state index contributed by atoms with van der Waals surface area (Å²) in [4.78, 5) is 117. The van der Waals surface area contributed by atoms with E-state index in [-0.39, 0.29) is 92.3 Å². The van der Waals surface area contributed by atoms with E-state index in [1.165, 1.54) is 6.42 Å². The predicted molar refractivity (Wildman–Crippen MR) is 321 cm³/mol. The number of nitrogens with one attached hydrogen (secondary N) is 4. The molecule has 0 saturated carbocycles. The number of piperidine rings is 1. The Morgan fingerprint density at radius 2 is 1.49 bits per heavy atom. The van der Waals surface area contributed by atoms with Crippen LogP contribution in [-0.4, -0.2) is 108 Å². The predicted octanol–water partition coefficient (Wildman–Crippen LogP) is 8.89. The van der Waals surface area contributed by atoms with E-state index in [9.17, 15) is 38.4 Å². The van der Waals surface area contributed by atoms with Crippen LogP contribution in [0.3, 0.4) is 0 Å². The number of hydrogen-bond acceptors (Lipinski definition) is 13. The molecule has 3 aromatic rings. The summed E-state index contributed by atoms with van der Waals surface area (Å²) in [7, 11) is 0. The highest BCUT2D eigenvalue weighted by atomic mass is 16.5. The van der Waals surface area contributed by atoms with Crippen LogP contribution in [0.2, 0.25) is 0 Å². The Kier molecular flexibility index (Phi) is 27.2. The summed E-state index contributed by atoms with van der Waals surface area (Å²) < 4.78 is 5.51. The van der Waals surface area contributed by atoms with Crippen molar-refractivity contribution in [2.45, 2.75) is 163 Å². The number of carbonyl (C=O) groups is 8. The molecule has 0 bridgehead atoms. The molecule has 2 atom stereocenters. The van der Waals surface area contributed by atoms with Crippen LogP contribution in [0.15, 0.2) is 71.4 Å². The summed E-state index contributed by atoms with van der Waals surface area (Å²) in [6.45, 7) is 15.5. The minimum absolute atomic E-state index is 0.0333. The van der Waals surface area contributed by atoms with Crippen molar-refractivity contribution < 1.29 is 43.1 Å². The van der Waals surface area contributed by atoms with Gasteiger partial charge in [-0.05, 0) is 105 Å². The Morgan fingerprint density at radius 3 is 2.15 bits per heavy atom. The van der Waals surface area contributed by atoms with E-state index in [1.807, 2.05) is 44.7 Å². The third kappa shape index (κ3) is 22.1. The van der Waals surface area contributed by atoms with Gasteiger partial charge in [0.25, 0.3) is 5.91 Å². The van der Waals surface area contributed by atoms with Crippen molar-refractivity contribution in [3.05, 3.63) is 88.6 Å². The van der Waals surface area contributed by atoms with E-state index in [0.717, 1.165) is 49.9 Å². The van der Waals surface area contributed by atoms with Crippen LogP contribution in [0, 0.1) is 23.7 Å². The zero-order valence-electron chi connectivity index (χ0n) is 49.3. The van der Waals surface area contributed by atoms with Gasteiger partial charge in [-0.2, -0.15) is 0 Å². The first kappa shape index (κ1) is 65.4. The highest BCUT2D eigenvalue weighted by Crippen LogP contribution is 2.30. The van der Waals surface area contributed by atoms with Crippen molar-refractivity contribution in [3.63, 3.8) is 0 Å². The highest BCUT2D eigenvalue weighted by Gasteiger charge is 2.30. The summed E-state index contributed by atoms with van der Waals surface area (Å²) in [6.07, 6.45) is 13.6. The number of fused-ring (bicyclic) bond motifs is 1. The number of Topliss-reactive ketones (excluding diaryl/α,β-unsaturated/α-hetero) is 2. The number of benzene rings is 2. The van der Waals surface area contributed by atoms with E-state index < -0.39 is 24.0 Å². The molecular weight excluding hydrogens is 1040 g/mol. The molecule has 2 unspecified atom stereocenters. The number of nitrogens with two attached hydrogens (primary N) is 2. The lowest BCUT2D eigenvalue weighted by molar-refractivity contribution is -0.145. The van der Waals surface area contributed by atoms with E-state index in [2.05, 4.69) is 50.0 Å². The summed E-state index contributed by atoms with van der Waals surface area (Å²) in [6, 6.07) is 14.4. The molecular formula is C63H90N10O9. The van der Waals surface area contributed by atoms with E-state index in [1.54, 1.807) is 54.7 Å². The van der Waals surface area contributed by atoms with Gasteiger partial charge < -0.3 is 47.3 Å². The number of unbranched alkanes of at least 4 members (excludes halogenated alkanes) is 3.